The molecule has 174 valence electrons. The average molecular weight is 466 g/mol. The van der Waals surface area contributed by atoms with E-state index in [1.54, 1.807) is 13.4 Å². The van der Waals surface area contributed by atoms with Gasteiger partial charge in [-0.15, -0.1) is 9.24 Å². The first kappa shape index (κ1) is 23.5. The number of rotatable bonds is 7. The Balaban J connectivity index is 1.59. The van der Waals surface area contributed by atoms with E-state index in [2.05, 4.69) is 27.4 Å². The zero-order valence-corrected chi connectivity index (χ0v) is 20.6. The molecule has 4 rings (SSSR count). The van der Waals surface area contributed by atoms with Gasteiger partial charge >= 0.3 is 0 Å². The molecule has 1 aliphatic carbocycles. The number of piperidine rings is 1. The Morgan fingerprint density at radius 1 is 1.39 bits per heavy atom. The van der Waals surface area contributed by atoms with E-state index in [0.717, 1.165) is 27.8 Å². The topological polar surface area (TPSA) is 67.6 Å². The van der Waals surface area contributed by atoms with Crippen molar-refractivity contribution in [3.63, 3.8) is 0 Å². The second-order valence-corrected chi connectivity index (χ2v) is 9.85. The first-order chi connectivity index (χ1) is 15.7. The molecule has 2 heterocycles. The van der Waals surface area contributed by atoms with E-state index in [1.807, 2.05) is 59.9 Å². The second-order valence-electron chi connectivity index (χ2n) is 9.11. The van der Waals surface area contributed by atoms with Crippen LogP contribution in [0.5, 0.6) is 5.75 Å². The van der Waals surface area contributed by atoms with Crippen molar-refractivity contribution in [1.82, 2.24) is 14.5 Å². The summed E-state index contributed by atoms with van der Waals surface area (Å²) < 4.78 is 7.58. The van der Waals surface area contributed by atoms with Crippen LogP contribution in [0.15, 0.2) is 66.9 Å². The molecule has 1 saturated carbocycles. The first-order valence-electron chi connectivity index (χ1n) is 11.2. The lowest BCUT2D eigenvalue weighted by Gasteiger charge is -2.40. The molecule has 7 heteroatoms. The predicted octanol–water partition coefficient (Wildman–Crippen LogP) is 4.15. The van der Waals surface area contributed by atoms with Crippen molar-refractivity contribution >= 4 is 15.1 Å². The summed E-state index contributed by atoms with van der Waals surface area (Å²) in [5.41, 5.74) is 2.88. The largest absolute Gasteiger partial charge is 0.495 e. The normalized spacial score (nSPS) is 25.5. The van der Waals surface area contributed by atoms with E-state index in [1.165, 1.54) is 0 Å². The minimum atomic E-state index is -0.779. The maximum Gasteiger partial charge on any atom is 0.232 e. The fourth-order valence-corrected chi connectivity index (χ4v) is 5.03. The SMILES string of the molecule is C=C(P)/C=C\C(=C)C(C)N1CCC(O)C2(CC2c2ccc(-n3cnc(C)c3)c(OC)c2)C1=O. The number of methoxy groups -OCH3 is 1. The summed E-state index contributed by atoms with van der Waals surface area (Å²) >= 11 is 0. The maximum absolute atomic E-state index is 13.7. The molecule has 2 aromatic rings. The number of likely N-dealkylation sites (tertiary alicyclic amines) is 1. The van der Waals surface area contributed by atoms with Crippen LogP contribution < -0.4 is 4.74 Å². The van der Waals surface area contributed by atoms with E-state index in [-0.39, 0.29) is 17.9 Å². The molecule has 6 nitrogen and oxygen atoms in total. The lowest BCUT2D eigenvalue weighted by Crippen LogP contribution is -2.53. The third-order valence-corrected chi connectivity index (χ3v) is 7.20. The minimum absolute atomic E-state index is 0.00581. The zero-order chi connectivity index (χ0) is 23.9. The van der Waals surface area contributed by atoms with Crippen molar-refractivity contribution in [2.75, 3.05) is 13.7 Å². The van der Waals surface area contributed by atoms with Crippen LogP contribution in [-0.4, -0.2) is 51.3 Å². The summed E-state index contributed by atoms with van der Waals surface area (Å²) in [6.45, 7) is 12.4. The van der Waals surface area contributed by atoms with E-state index in [9.17, 15) is 9.90 Å². The van der Waals surface area contributed by atoms with Crippen molar-refractivity contribution in [1.29, 1.82) is 0 Å². The molecule has 1 aliphatic heterocycles. The molecule has 33 heavy (non-hydrogen) atoms. The molecule has 1 amide bonds. The van der Waals surface area contributed by atoms with E-state index < -0.39 is 11.5 Å². The average Bonchev–Trinajstić information content (AvgIpc) is 3.41. The van der Waals surface area contributed by atoms with Gasteiger partial charge in [0, 0.05) is 18.7 Å². The highest BCUT2D eigenvalue weighted by Gasteiger charge is 2.67. The summed E-state index contributed by atoms with van der Waals surface area (Å²) in [5, 5.41) is 11.8. The van der Waals surface area contributed by atoms with Crippen LogP contribution in [0.2, 0.25) is 0 Å². The number of allylic oxidation sites excluding steroid dienone is 2. The molecule has 1 aromatic carbocycles. The maximum atomic E-state index is 13.7. The van der Waals surface area contributed by atoms with E-state index >= 15 is 0 Å². The fourth-order valence-electron chi connectivity index (χ4n) is 4.93. The Hall–Kier alpha value is -2.69. The summed E-state index contributed by atoms with van der Waals surface area (Å²) in [4.78, 5) is 19.8. The molecule has 5 unspecified atom stereocenters. The third-order valence-electron chi connectivity index (χ3n) is 7.01. The van der Waals surface area contributed by atoms with Crippen LogP contribution in [0, 0.1) is 12.3 Å². The van der Waals surface area contributed by atoms with Gasteiger partial charge in [0.2, 0.25) is 5.91 Å². The predicted molar refractivity (Wildman–Crippen MR) is 134 cm³/mol. The molecule has 2 aliphatic rings. The van der Waals surface area contributed by atoms with Gasteiger partial charge in [-0.25, -0.2) is 4.98 Å². The number of hydrogen-bond donors (Lipinski definition) is 1. The molecule has 2 fully saturated rings. The highest BCUT2D eigenvalue weighted by atomic mass is 31.0. The lowest BCUT2D eigenvalue weighted by atomic mass is 9.85. The van der Waals surface area contributed by atoms with Gasteiger partial charge in [-0.2, -0.15) is 0 Å². The third kappa shape index (κ3) is 4.18. The van der Waals surface area contributed by atoms with Crippen LogP contribution in [0.1, 0.15) is 36.9 Å². The smallest absolute Gasteiger partial charge is 0.232 e. The Kier molecular flexibility index (Phi) is 6.35. The molecule has 5 atom stereocenters. The van der Waals surface area contributed by atoms with Gasteiger partial charge in [-0.3, -0.25) is 4.79 Å². The molecule has 1 spiro atoms. The van der Waals surface area contributed by atoms with Crippen LogP contribution in [0.3, 0.4) is 0 Å². The summed E-state index contributed by atoms with van der Waals surface area (Å²) in [7, 11) is 4.18. The number of aliphatic hydroxyl groups is 1. The van der Waals surface area contributed by atoms with Crippen LogP contribution in [0.4, 0.5) is 0 Å². The molecule has 0 radical (unpaired) electrons. The highest BCUT2D eigenvalue weighted by molar-refractivity contribution is 7.22. The number of aryl methyl sites for hydroxylation is 1. The van der Waals surface area contributed by atoms with Gasteiger partial charge in [0.25, 0.3) is 0 Å². The standard InChI is InChI=1S/C26H32N3O3P/c1-16(6-7-18(3)33)19(4)29-11-10-24(30)26(25(29)31)13-21(26)20-8-9-22(23(12-20)32-5)28-14-17(2)27-15-28/h6-9,12,14-15,19,21,24,30H,1,3,10-11,13,33H2,2,4-5H3/b7-6-. The van der Waals surface area contributed by atoms with Gasteiger partial charge in [0.1, 0.15) is 5.75 Å². The number of aliphatic hydroxyl groups excluding tert-OH is 1. The molecular formula is C26H32N3O3P. The quantitative estimate of drug-likeness (QED) is 0.493. The Morgan fingerprint density at radius 2 is 2.15 bits per heavy atom. The van der Waals surface area contributed by atoms with Crippen molar-refractivity contribution in [3.8, 4) is 11.4 Å². The number of carbonyl (C=O) groups is 1. The molecule has 1 saturated heterocycles. The van der Waals surface area contributed by atoms with Crippen LogP contribution in [0.25, 0.3) is 5.69 Å². The van der Waals surface area contributed by atoms with Crippen molar-refractivity contribution in [2.45, 2.75) is 44.8 Å². The van der Waals surface area contributed by atoms with Crippen molar-refractivity contribution in [3.05, 3.63) is 78.2 Å². The minimum Gasteiger partial charge on any atom is -0.495 e. The van der Waals surface area contributed by atoms with Gasteiger partial charge < -0.3 is 19.3 Å². The highest BCUT2D eigenvalue weighted by Crippen LogP contribution is 2.64. The number of aromatic nitrogens is 2. The monoisotopic (exact) mass is 465 g/mol. The van der Waals surface area contributed by atoms with E-state index in [4.69, 9.17) is 4.74 Å². The van der Waals surface area contributed by atoms with Gasteiger partial charge in [0.15, 0.2) is 0 Å². The van der Waals surface area contributed by atoms with Crippen molar-refractivity contribution < 1.29 is 14.6 Å². The second kappa shape index (κ2) is 8.92. The van der Waals surface area contributed by atoms with Crippen LogP contribution >= 0.6 is 9.24 Å². The number of amides is 1. The molecule has 0 bridgehead atoms. The Bertz CT molecular complexity index is 1140. The van der Waals surface area contributed by atoms with Crippen LogP contribution in [-0.2, 0) is 4.79 Å². The number of ether oxygens (including phenoxy) is 1. The number of benzene rings is 1. The summed E-state index contributed by atoms with van der Waals surface area (Å²) in [5.74, 6) is 0.676. The summed E-state index contributed by atoms with van der Waals surface area (Å²) in [6, 6.07) is 5.86. The lowest BCUT2D eigenvalue weighted by molar-refractivity contribution is -0.149. The molecular weight excluding hydrogens is 433 g/mol. The molecule has 1 N–H and O–H groups in total. The Labute approximate surface area is 197 Å². The number of hydrogen-bond acceptors (Lipinski definition) is 4. The number of imidazole rings is 1. The van der Waals surface area contributed by atoms with Gasteiger partial charge in [-0.1, -0.05) is 31.4 Å². The van der Waals surface area contributed by atoms with Gasteiger partial charge in [0.05, 0.1) is 42.4 Å². The van der Waals surface area contributed by atoms with Crippen molar-refractivity contribution in [2.24, 2.45) is 5.41 Å². The fraction of sp³-hybridized carbons (Fsp3) is 0.385. The molecule has 1 aromatic heterocycles. The van der Waals surface area contributed by atoms with Gasteiger partial charge in [-0.05, 0) is 55.3 Å². The number of carbonyl (C=O) groups excluding carboxylic acids is 1. The Morgan fingerprint density at radius 3 is 2.79 bits per heavy atom. The first-order valence-corrected chi connectivity index (χ1v) is 11.8. The van der Waals surface area contributed by atoms with E-state index in [0.29, 0.717) is 25.1 Å². The summed E-state index contributed by atoms with van der Waals surface area (Å²) in [6.07, 6.45) is 8.01. The zero-order valence-electron chi connectivity index (χ0n) is 19.5. The number of nitrogens with zero attached hydrogens (tertiary/aromatic N) is 3.